The molecule has 0 bridgehead atoms. The number of nitrogens with zero attached hydrogens (tertiary/aromatic N) is 1. The highest BCUT2D eigenvalue weighted by molar-refractivity contribution is 5.78. The molecule has 0 spiro atoms. The van der Waals surface area contributed by atoms with Crippen molar-refractivity contribution in [2.75, 3.05) is 0 Å². The number of hydrogen-bond acceptors (Lipinski definition) is 2. The number of amides is 1. The van der Waals surface area contributed by atoms with Gasteiger partial charge >= 0.3 is 0 Å². The van der Waals surface area contributed by atoms with Crippen LogP contribution < -0.4 is 5.32 Å². The lowest BCUT2D eigenvalue weighted by Gasteiger charge is -2.05. The zero-order chi connectivity index (χ0) is 12.8. The minimum absolute atomic E-state index is 0.0848. The largest absolute Gasteiger partial charge is 0.352 e. The van der Waals surface area contributed by atoms with Gasteiger partial charge in [0.2, 0.25) is 5.91 Å². The van der Waals surface area contributed by atoms with Crippen LogP contribution in [-0.4, -0.2) is 10.9 Å². The van der Waals surface area contributed by atoms with Gasteiger partial charge in [-0.15, -0.1) is 0 Å². The SMILES string of the molecule is O=C(Cc1ccc(F)cc1)NCc1ccncc1. The number of rotatable bonds is 4. The van der Waals surface area contributed by atoms with Crippen molar-refractivity contribution < 1.29 is 9.18 Å². The van der Waals surface area contributed by atoms with Gasteiger partial charge in [0, 0.05) is 18.9 Å². The van der Waals surface area contributed by atoms with E-state index in [9.17, 15) is 9.18 Å². The number of carbonyl (C=O) groups excluding carboxylic acids is 1. The van der Waals surface area contributed by atoms with Crippen molar-refractivity contribution in [2.24, 2.45) is 0 Å². The molecule has 0 aliphatic carbocycles. The third kappa shape index (κ3) is 3.66. The summed E-state index contributed by atoms with van der Waals surface area (Å²) in [6.45, 7) is 0.475. The average molecular weight is 244 g/mol. The predicted molar refractivity (Wildman–Crippen MR) is 66.2 cm³/mol. The van der Waals surface area contributed by atoms with E-state index in [1.54, 1.807) is 24.5 Å². The van der Waals surface area contributed by atoms with Gasteiger partial charge in [-0.05, 0) is 35.4 Å². The first-order valence-electron chi connectivity index (χ1n) is 5.64. The molecule has 2 rings (SSSR count). The highest BCUT2D eigenvalue weighted by Crippen LogP contribution is 2.03. The summed E-state index contributed by atoms with van der Waals surface area (Å²) in [5.41, 5.74) is 1.79. The Morgan fingerprint density at radius 2 is 1.72 bits per heavy atom. The molecule has 0 saturated heterocycles. The smallest absolute Gasteiger partial charge is 0.224 e. The number of aromatic nitrogens is 1. The van der Waals surface area contributed by atoms with Gasteiger partial charge in [0.1, 0.15) is 5.82 Å². The van der Waals surface area contributed by atoms with Gasteiger partial charge < -0.3 is 5.32 Å². The molecule has 3 nitrogen and oxygen atoms in total. The zero-order valence-electron chi connectivity index (χ0n) is 9.77. The van der Waals surface area contributed by atoms with Gasteiger partial charge in [-0.3, -0.25) is 9.78 Å². The quantitative estimate of drug-likeness (QED) is 0.894. The fourth-order valence-corrected chi connectivity index (χ4v) is 1.55. The summed E-state index contributed by atoms with van der Waals surface area (Å²) in [7, 11) is 0. The Balaban J connectivity index is 1.84. The van der Waals surface area contributed by atoms with Crippen LogP contribution in [0, 0.1) is 5.82 Å². The Morgan fingerprint density at radius 1 is 1.06 bits per heavy atom. The molecule has 0 aliphatic heterocycles. The molecule has 2 aromatic rings. The number of carbonyl (C=O) groups is 1. The summed E-state index contributed by atoms with van der Waals surface area (Å²) in [4.78, 5) is 15.6. The fraction of sp³-hybridized carbons (Fsp3) is 0.143. The molecular weight excluding hydrogens is 231 g/mol. The highest BCUT2D eigenvalue weighted by atomic mass is 19.1. The Labute approximate surface area is 105 Å². The summed E-state index contributed by atoms with van der Waals surface area (Å²) >= 11 is 0. The monoisotopic (exact) mass is 244 g/mol. The number of pyridine rings is 1. The fourth-order valence-electron chi connectivity index (χ4n) is 1.55. The molecule has 1 aromatic carbocycles. The van der Waals surface area contributed by atoms with Crippen LogP contribution >= 0.6 is 0 Å². The first-order chi connectivity index (χ1) is 8.74. The lowest BCUT2D eigenvalue weighted by atomic mass is 10.1. The van der Waals surface area contributed by atoms with Gasteiger partial charge in [-0.1, -0.05) is 12.1 Å². The molecule has 0 unspecified atom stereocenters. The van der Waals surface area contributed by atoms with E-state index in [0.29, 0.717) is 6.54 Å². The molecule has 92 valence electrons. The van der Waals surface area contributed by atoms with Crippen LogP contribution in [0.3, 0.4) is 0 Å². The standard InChI is InChI=1S/C14H13FN2O/c15-13-3-1-11(2-4-13)9-14(18)17-10-12-5-7-16-8-6-12/h1-8H,9-10H2,(H,17,18). The number of halogens is 1. The van der Waals surface area contributed by atoms with Crippen molar-refractivity contribution >= 4 is 5.91 Å². The second-order valence-electron chi connectivity index (χ2n) is 3.94. The molecule has 1 aromatic heterocycles. The molecule has 4 heteroatoms. The van der Waals surface area contributed by atoms with Crippen molar-refractivity contribution in [3.8, 4) is 0 Å². The van der Waals surface area contributed by atoms with Gasteiger partial charge in [-0.25, -0.2) is 4.39 Å². The number of hydrogen-bond donors (Lipinski definition) is 1. The maximum Gasteiger partial charge on any atom is 0.224 e. The van der Waals surface area contributed by atoms with Crippen LogP contribution in [0.15, 0.2) is 48.8 Å². The van der Waals surface area contributed by atoms with Crippen molar-refractivity contribution in [1.29, 1.82) is 0 Å². The van der Waals surface area contributed by atoms with Crippen LogP contribution in [0.25, 0.3) is 0 Å². The van der Waals surface area contributed by atoms with E-state index in [0.717, 1.165) is 11.1 Å². The summed E-state index contributed by atoms with van der Waals surface area (Å²) in [6, 6.07) is 9.62. The molecular formula is C14H13FN2O. The molecule has 1 N–H and O–H groups in total. The van der Waals surface area contributed by atoms with Gasteiger partial charge in [0.15, 0.2) is 0 Å². The van der Waals surface area contributed by atoms with Crippen LogP contribution in [0.5, 0.6) is 0 Å². The lowest BCUT2D eigenvalue weighted by Crippen LogP contribution is -2.24. The third-order valence-corrected chi connectivity index (χ3v) is 2.52. The highest BCUT2D eigenvalue weighted by Gasteiger charge is 2.03. The molecule has 0 saturated carbocycles. The van der Waals surface area contributed by atoms with E-state index in [1.807, 2.05) is 12.1 Å². The minimum atomic E-state index is -0.295. The second-order valence-corrected chi connectivity index (χ2v) is 3.94. The summed E-state index contributed by atoms with van der Waals surface area (Å²) in [5.74, 6) is -0.380. The van der Waals surface area contributed by atoms with Crippen LogP contribution in [-0.2, 0) is 17.8 Å². The van der Waals surface area contributed by atoms with Crippen LogP contribution in [0.2, 0.25) is 0 Å². The predicted octanol–water partition coefficient (Wildman–Crippen LogP) is 2.08. The molecule has 18 heavy (non-hydrogen) atoms. The Kier molecular flexibility index (Phi) is 4.02. The van der Waals surface area contributed by atoms with Crippen molar-refractivity contribution in [3.63, 3.8) is 0 Å². The Morgan fingerprint density at radius 3 is 2.39 bits per heavy atom. The normalized spacial score (nSPS) is 10.1. The first-order valence-corrected chi connectivity index (χ1v) is 5.64. The van der Waals surface area contributed by atoms with E-state index in [1.165, 1.54) is 12.1 Å². The maximum absolute atomic E-state index is 12.7. The molecule has 0 radical (unpaired) electrons. The summed E-state index contributed by atoms with van der Waals surface area (Å²) in [5, 5.41) is 2.80. The van der Waals surface area contributed by atoms with E-state index in [4.69, 9.17) is 0 Å². The van der Waals surface area contributed by atoms with Crippen molar-refractivity contribution in [1.82, 2.24) is 10.3 Å². The summed E-state index contributed by atoms with van der Waals surface area (Å²) < 4.78 is 12.7. The third-order valence-electron chi connectivity index (χ3n) is 2.52. The van der Waals surface area contributed by atoms with E-state index in [-0.39, 0.29) is 18.1 Å². The molecule has 1 amide bonds. The molecule has 0 aliphatic rings. The second kappa shape index (κ2) is 5.91. The van der Waals surface area contributed by atoms with Crippen LogP contribution in [0.1, 0.15) is 11.1 Å². The van der Waals surface area contributed by atoms with Crippen molar-refractivity contribution in [2.45, 2.75) is 13.0 Å². The van der Waals surface area contributed by atoms with Gasteiger partial charge in [0.25, 0.3) is 0 Å². The minimum Gasteiger partial charge on any atom is -0.352 e. The maximum atomic E-state index is 12.7. The molecule has 1 heterocycles. The van der Waals surface area contributed by atoms with E-state index in [2.05, 4.69) is 10.3 Å². The Bertz CT molecular complexity index is 511. The molecule has 0 fully saturated rings. The van der Waals surface area contributed by atoms with Crippen LogP contribution in [0.4, 0.5) is 4.39 Å². The molecule has 0 atom stereocenters. The topological polar surface area (TPSA) is 42.0 Å². The number of nitrogens with one attached hydrogen (secondary N) is 1. The van der Waals surface area contributed by atoms with E-state index >= 15 is 0 Å². The lowest BCUT2D eigenvalue weighted by molar-refractivity contribution is -0.120. The zero-order valence-corrected chi connectivity index (χ0v) is 9.77. The number of benzene rings is 1. The average Bonchev–Trinajstić information content (AvgIpc) is 2.40. The van der Waals surface area contributed by atoms with Gasteiger partial charge in [0.05, 0.1) is 6.42 Å². The first kappa shape index (κ1) is 12.2. The Hall–Kier alpha value is -2.23. The van der Waals surface area contributed by atoms with Gasteiger partial charge in [-0.2, -0.15) is 0 Å². The van der Waals surface area contributed by atoms with Crippen molar-refractivity contribution in [3.05, 3.63) is 65.7 Å². The van der Waals surface area contributed by atoms with E-state index < -0.39 is 0 Å². The summed E-state index contributed by atoms with van der Waals surface area (Å²) in [6.07, 6.45) is 3.62.